The number of rotatable bonds is 7. The van der Waals surface area contributed by atoms with E-state index >= 15 is 0 Å². The van der Waals surface area contributed by atoms with Gasteiger partial charge < -0.3 is 9.88 Å². The van der Waals surface area contributed by atoms with Crippen molar-refractivity contribution in [3.8, 4) is 0 Å². The number of aryl methyl sites for hydroxylation is 1. The molecule has 1 heterocycles. The average Bonchev–Trinajstić information content (AvgIpc) is 2.98. The number of carbonyl (C=O) groups excluding carboxylic acids is 1. The molecule has 0 aliphatic rings. The van der Waals surface area contributed by atoms with Crippen LogP contribution in [0.3, 0.4) is 0 Å². The lowest BCUT2D eigenvalue weighted by atomic mass is 10.1. The molecule has 0 saturated heterocycles. The van der Waals surface area contributed by atoms with Crippen LogP contribution in [0.4, 0.5) is 0 Å². The van der Waals surface area contributed by atoms with Crippen molar-refractivity contribution in [2.24, 2.45) is 0 Å². The van der Waals surface area contributed by atoms with Crippen molar-refractivity contribution in [1.29, 1.82) is 0 Å². The first kappa shape index (κ1) is 16.0. The number of imidazole rings is 1. The highest BCUT2D eigenvalue weighted by Gasteiger charge is 2.06. The molecule has 2 aromatic rings. The third-order valence-corrected chi connectivity index (χ3v) is 3.46. The van der Waals surface area contributed by atoms with Gasteiger partial charge in [0.05, 0.1) is 6.33 Å². The van der Waals surface area contributed by atoms with Gasteiger partial charge in [-0.1, -0.05) is 35.9 Å². The Morgan fingerprint density at radius 1 is 1.36 bits per heavy atom. The SMILES string of the molecule is C/C(=C\C(=O)NC(C)Cn1ccnc1)CCc1ccccc1. The van der Waals surface area contributed by atoms with Gasteiger partial charge in [0.25, 0.3) is 0 Å². The van der Waals surface area contributed by atoms with Crippen LogP contribution in [0.1, 0.15) is 25.8 Å². The number of aromatic nitrogens is 2. The molecule has 0 saturated carbocycles. The molecular weight excluding hydrogens is 274 g/mol. The number of carbonyl (C=O) groups is 1. The lowest BCUT2D eigenvalue weighted by Gasteiger charge is -2.13. The summed E-state index contributed by atoms with van der Waals surface area (Å²) in [6.07, 6.45) is 8.94. The van der Waals surface area contributed by atoms with E-state index < -0.39 is 0 Å². The monoisotopic (exact) mass is 297 g/mol. The Hall–Kier alpha value is -2.36. The fourth-order valence-electron chi connectivity index (χ4n) is 2.32. The highest BCUT2D eigenvalue weighted by molar-refractivity contribution is 5.88. The van der Waals surface area contributed by atoms with Gasteiger partial charge >= 0.3 is 0 Å². The van der Waals surface area contributed by atoms with Crippen LogP contribution < -0.4 is 5.32 Å². The molecule has 0 radical (unpaired) electrons. The molecule has 4 heteroatoms. The summed E-state index contributed by atoms with van der Waals surface area (Å²) in [7, 11) is 0. The Labute approximate surface area is 131 Å². The van der Waals surface area contributed by atoms with E-state index in [9.17, 15) is 4.79 Å². The Morgan fingerprint density at radius 2 is 2.14 bits per heavy atom. The van der Waals surface area contributed by atoms with Crippen LogP contribution in [-0.2, 0) is 17.8 Å². The second-order valence-electron chi connectivity index (χ2n) is 5.65. The third-order valence-electron chi connectivity index (χ3n) is 3.46. The van der Waals surface area contributed by atoms with Crippen molar-refractivity contribution in [2.45, 2.75) is 39.3 Å². The number of nitrogens with one attached hydrogen (secondary N) is 1. The predicted octanol–water partition coefficient (Wildman–Crippen LogP) is 2.97. The molecule has 1 N–H and O–H groups in total. The summed E-state index contributed by atoms with van der Waals surface area (Å²) in [5, 5.41) is 2.98. The van der Waals surface area contributed by atoms with Crippen molar-refractivity contribution in [2.75, 3.05) is 0 Å². The molecule has 0 spiro atoms. The predicted molar refractivity (Wildman–Crippen MR) is 88.4 cm³/mol. The van der Waals surface area contributed by atoms with E-state index in [4.69, 9.17) is 0 Å². The maximum absolute atomic E-state index is 12.0. The largest absolute Gasteiger partial charge is 0.348 e. The molecule has 0 aliphatic carbocycles. The van der Waals surface area contributed by atoms with Crippen LogP contribution in [0, 0.1) is 0 Å². The van der Waals surface area contributed by atoms with Gasteiger partial charge in [0.15, 0.2) is 0 Å². The summed E-state index contributed by atoms with van der Waals surface area (Å²) in [5.74, 6) is -0.0295. The van der Waals surface area contributed by atoms with Crippen LogP contribution >= 0.6 is 0 Å². The first-order valence-corrected chi connectivity index (χ1v) is 7.61. The summed E-state index contributed by atoms with van der Waals surface area (Å²) in [4.78, 5) is 16.0. The van der Waals surface area contributed by atoms with Gasteiger partial charge in [-0.15, -0.1) is 0 Å². The van der Waals surface area contributed by atoms with Gasteiger partial charge in [0.2, 0.25) is 5.91 Å². The average molecular weight is 297 g/mol. The molecule has 0 aliphatic heterocycles. The lowest BCUT2D eigenvalue weighted by Crippen LogP contribution is -2.34. The minimum Gasteiger partial charge on any atom is -0.348 e. The molecule has 2 rings (SSSR count). The first-order valence-electron chi connectivity index (χ1n) is 7.61. The number of hydrogen-bond acceptors (Lipinski definition) is 2. The summed E-state index contributed by atoms with van der Waals surface area (Å²) in [5.41, 5.74) is 2.39. The zero-order valence-electron chi connectivity index (χ0n) is 13.2. The van der Waals surface area contributed by atoms with Crippen LogP contribution in [0.25, 0.3) is 0 Å². The smallest absolute Gasteiger partial charge is 0.244 e. The number of hydrogen-bond donors (Lipinski definition) is 1. The molecule has 0 bridgehead atoms. The first-order chi connectivity index (χ1) is 10.6. The zero-order valence-corrected chi connectivity index (χ0v) is 13.2. The molecule has 1 amide bonds. The van der Waals surface area contributed by atoms with Crippen molar-refractivity contribution in [3.63, 3.8) is 0 Å². The lowest BCUT2D eigenvalue weighted by molar-refractivity contribution is -0.117. The zero-order chi connectivity index (χ0) is 15.8. The summed E-state index contributed by atoms with van der Waals surface area (Å²) < 4.78 is 1.96. The van der Waals surface area contributed by atoms with E-state index in [1.54, 1.807) is 18.6 Å². The summed E-state index contributed by atoms with van der Waals surface area (Å²) >= 11 is 0. The minimum atomic E-state index is -0.0295. The number of benzene rings is 1. The van der Waals surface area contributed by atoms with E-state index in [1.165, 1.54) is 5.56 Å². The van der Waals surface area contributed by atoms with E-state index in [1.807, 2.05) is 42.8 Å². The standard InChI is InChI=1S/C18H23N3O/c1-15(8-9-17-6-4-3-5-7-17)12-18(22)20-16(2)13-21-11-10-19-14-21/h3-7,10-12,14,16H,8-9,13H2,1-2H3,(H,20,22)/b15-12+. The Kier molecular flexibility index (Phi) is 5.95. The van der Waals surface area contributed by atoms with Gasteiger partial charge in [-0.25, -0.2) is 4.98 Å². The van der Waals surface area contributed by atoms with Crippen molar-refractivity contribution < 1.29 is 4.79 Å². The van der Waals surface area contributed by atoms with Crippen molar-refractivity contribution >= 4 is 5.91 Å². The van der Waals surface area contributed by atoms with Crippen LogP contribution in [0.15, 0.2) is 60.7 Å². The minimum absolute atomic E-state index is 0.0295. The van der Waals surface area contributed by atoms with Crippen LogP contribution in [0.2, 0.25) is 0 Å². The molecule has 0 fully saturated rings. The van der Waals surface area contributed by atoms with Crippen molar-refractivity contribution in [3.05, 3.63) is 66.3 Å². The molecule has 1 unspecified atom stereocenters. The van der Waals surface area contributed by atoms with Crippen LogP contribution in [-0.4, -0.2) is 21.5 Å². The van der Waals surface area contributed by atoms with Crippen molar-refractivity contribution in [1.82, 2.24) is 14.9 Å². The van der Waals surface area contributed by atoms with E-state index in [0.29, 0.717) is 0 Å². The Balaban J connectivity index is 1.76. The third kappa shape index (κ3) is 5.56. The van der Waals surface area contributed by atoms with E-state index in [-0.39, 0.29) is 11.9 Å². The fourth-order valence-corrected chi connectivity index (χ4v) is 2.32. The number of amides is 1. The molecule has 1 atom stereocenters. The van der Waals surface area contributed by atoms with E-state index in [2.05, 4.69) is 22.4 Å². The highest BCUT2D eigenvalue weighted by atomic mass is 16.1. The van der Waals surface area contributed by atoms with Gasteiger partial charge in [-0.3, -0.25) is 4.79 Å². The normalized spacial score (nSPS) is 12.9. The second kappa shape index (κ2) is 8.17. The van der Waals surface area contributed by atoms with Gasteiger partial charge in [-0.2, -0.15) is 0 Å². The second-order valence-corrected chi connectivity index (χ2v) is 5.65. The van der Waals surface area contributed by atoms with Gasteiger partial charge in [0, 0.05) is 31.1 Å². The van der Waals surface area contributed by atoms with E-state index in [0.717, 1.165) is 25.0 Å². The Morgan fingerprint density at radius 3 is 2.82 bits per heavy atom. The van der Waals surface area contributed by atoms with Gasteiger partial charge in [-0.05, 0) is 32.3 Å². The molecule has 1 aromatic heterocycles. The summed E-state index contributed by atoms with van der Waals surface area (Å²) in [6, 6.07) is 10.4. The number of allylic oxidation sites excluding steroid dienone is 1. The molecular formula is C18H23N3O. The molecule has 4 nitrogen and oxygen atoms in total. The molecule has 1 aromatic carbocycles. The highest BCUT2D eigenvalue weighted by Crippen LogP contribution is 2.08. The van der Waals surface area contributed by atoms with Gasteiger partial charge in [0.1, 0.15) is 0 Å². The fraction of sp³-hybridized carbons (Fsp3) is 0.333. The number of nitrogens with zero attached hydrogens (tertiary/aromatic N) is 2. The maximum Gasteiger partial charge on any atom is 0.244 e. The molecule has 22 heavy (non-hydrogen) atoms. The van der Waals surface area contributed by atoms with Crippen LogP contribution in [0.5, 0.6) is 0 Å². The maximum atomic E-state index is 12.0. The topological polar surface area (TPSA) is 46.9 Å². The summed E-state index contributed by atoms with van der Waals surface area (Å²) in [6.45, 7) is 4.72. The quantitative estimate of drug-likeness (QED) is 0.799. The Bertz CT molecular complexity index is 603. The molecule has 116 valence electrons.